The molecule has 0 aliphatic carbocycles. The SMILES string of the molecule is CCNC(=O)C#CC(=O)NC(C)CCOC(C)CCC(=O)O. The molecule has 0 bridgehead atoms. The van der Waals surface area contributed by atoms with Gasteiger partial charge in [0.1, 0.15) is 0 Å². The Labute approximate surface area is 130 Å². The molecule has 0 aromatic rings. The van der Waals surface area contributed by atoms with Crippen molar-refractivity contribution in [2.24, 2.45) is 0 Å². The number of carbonyl (C=O) groups excluding carboxylic acids is 2. The average Bonchev–Trinajstić information content (AvgIpc) is 2.43. The summed E-state index contributed by atoms with van der Waals surface area (Å²) in [6.45, 7) is 6.25. The van der Waals surface area contributed by atoms with Gasteiger partial charge in [0, 0.05) is 37.5 Å². The van der Waals surface area contributed by atoms with Crippen LogP contribution >= 0.6 is 0 Å². The molecule has 0 rings (SSSR count). The number of carboxylic acid groups (broad SMARTS) is 1. The highest BCUT2D eigenvalue weighted by Crippen LogP contribution is 2.03. The molecule has 0 radical (unpaired) electrons. The van der Waals surface area contributed by atoms with Crippen molar-refractivity contribution < 1.29 is 24.2 Å². The van der Waals surface area contributed by atoms with Gasteiger partial charge in [0.15, 0.2) is 0 Å². The first kappa shape index (κ1) is 19.9. The highest BCUT2D eigenvalue weighted by Gasteiger charge is 2.08. The van der Waals surface area contributed by atoms with Crippen LogP contribution in [0.2, 0.25) is 0 Å². The molecule has 3 N–H and O–H groups in total. The lowest BCUT2D eigenvalue weighted by atomic mass is 10.2. The van der Waals surface area contributed by atoms with Crippen LogP contribution in [-0.2, 0) is 19.1 Å². The molecule has 0 aromatic carbocycles. The lowest BCUT2D eigenvalue weighted by molar-refractivity contribution is -0.137. The predicted octanol–water partition coefficient (Wildman–Crippen LogP) is 0.291. The third kappa shape index (κ3) is 11.7. The van der Waals surface area contributed by atoms with E-state index in [0.29, 0.717) is 26.0 Å². The fraction of sp³-hybridized carbons (Fsp3) is 0.667. The summed E-state index contributed by atoms with van der Waals surface area (Å²) < 4.78 is 5.46. The molecule has 2 amide bonds. The number of hydrogen-bond donors (Lipinski definition) is 3. The summed E-state index contributed by atoms with van der Waals surface area (Å²) in [7, 11) is 0. The van der Waals surface area contributed by atoms with Crippen molar-refractivity contribution in [1.29, 1.82) is 0 Å². The predicted molar refractivity (Wildman–Crippen MR) is 81.0 cm³/mol. The first-order valence-corrected chi connectivity index (χ1v) is 7.28. The van der Waals surface area contributed by atoms with Gasteiger partial charge in [0.05, 0.1) is 6.10 Å². The summed E-state index contributed by atoms with van der Waals surface area (Å²) in [4.78, 5) is 32.9. The largest absolute Gasteiger partial charge is 0.481 e. The minimum absolute atomic E-state index is 0.0723. The summed E-state index contributed by atoms with van der Waals surface area (Å²) in [6, 6.07) is -0.150. The van der Waals surface area contributed by atoms with Gasteiger partial charge in [-0.05, 0) is 33.6 Å². The minimum Gasteiger partial charge on any atom is -0.481 e. The summed E-state index contributed by atoms with van der Waals surface area (Å²) in [5.74, 6) is 2.56. The second-order valence-corrected chi connectivity index (χ2v) is 4.89. The van der Waals surface area contributed by atoms with E-state index in [1.165, 1.54) is 0 Å². The Hall–Kier alpha value is -2.07. The lowest BCUT2D eigenvalue weighted by Crippen LogP contribution is -2.33. The molecule has 2 unspecified atom stereocenters. The molecular weight excluding hydrogens is 288 g/mol. The van der Waals surface area contributed by atoms with Gasteiger partial charge >= 0.3 is 5.97 Å². The highest BCUT2D eigenvalue weighted by atomic mass is 16.5. The van der Waals surface area contributed by atoms with Crippen molar-refractivity contribution in [3.63, 3.8) is 0 Å². The second kappa shape index (κ2) is 11.6. The Bertz CT molecular complexity index is 439. The number of aliphatic carboxylic acids is 1. The summed E-state index contributed by atoms with van der Waals surface area (Å²) >= 11 is 0. The Morgan fingerprint density at radius 1 is 1.14 bits per heavy atom. The molecule has 22 heavy (non-hydrogen) atoms. The van der Waals surface area contributed by atoms with E-state index in [2.05, 4.69) is 22.5 Å². The van der Waals surface area contributed by atoms with E-state index in [1.54, 1.807) is 13.8 Å². The maximum Gasteiger partial charge on any atom is 0.303 e. The van der Waals surface area contributed by atoms with E-state index in [4.69, 9.17) is 9.84 Å². The first-order valence-electron chi connectivity index (χ1n) is 7.28. The maximum absolute atomic E-state index is 11.5. The van der Waals surface area contributed by atoms with Gasteiger partial charge in [0.25, 0.3) is 11.8 Å². The van der Waals surface area contributed by atoms with Gasteiger partial charge in [-0.2, -0.15) is 0 Å². The summed E-state index contributed by atoms with van der Waals surface area (Å²) in [5.41, 5.74) is 0. The van der Waals surface area contributed by atoms with Crippen molar-refractivity contribution in [3.05, 3.63) is 0 Å². The van der Waals surface area contributed by atoms with Gasteiger partial charge in [0.2, 0.25) is 0 Å². The molecule has 0 heterocycles. The number of carbonyl (C=O) groups is 3. The van der Waals surface area contributed by atoms with E-state index in [0.717, 1.165) is 0 Å². The van der Waals surface area contributed by atoms with Crippen LogP contribution in [0.15, 0.2) is 0 Å². The molecule has 0 fully saturated rings. The molecule has 0 spiro atoms. The lowest BCUT2D eigenvalue weighted by Gasteiger charge is -2.15. The molecule has 0 aromatic heterocycles. The van der Waals surface area contributed by atoms with Crippen LogP contribution in [0.1, 0.15) is 40.0 Å². The van der Waals surface area contributed by atoms with Crippen molar-refractivity contribution in [2.45, 2.75) is 52.2 Å². The topological polar surface area (TPSA) is 105 Å². The third-order valence-corrected chi connectivity index (χ3v) is 2.72. The first-order chi connectivity index (χ1) is 10.3. The standard InChI is InChI=1S/C15H24N2O5/c1-4-16-13(18)6-7-14(19)17-11(2)9-10-22-12(3)5-8-15(20)21/h11-12H,4-5,8-10H2,1-3H3,(H,16,18)(H,17,19)(H,20,21). The van der Waals surface area contributed by atoms with Crippen molar-refractivity contribution in [2.75, 3.05) is 13.2 Å². The quantitative estimate of drug-likeness (QED) is 0.531. The third-order valence-electron chi connectivity index (χ3n) is 2.72. The Balaban J connectivity index is 3.89. The van der Waals surface area contributed by atoms with Crippen molar-refractivity contribution >= 4 is 17.8 Å². The van der Waals surface area contributed by atoms with Crippen LogP contribution in [0, 0.1) is 11.8 Å². The minimum atomic E-state index is -0.846. The van der Waals surface area contributed by atoms with Crippen LogP contribution in [0.5, 0.6) is 0 Å². The summed E-state index contributed by atoms with van der Waals surface area (Å²) in [5, 5.41) is 13.7. The van der Waals surface area contributed by atoms with E-state index in [9.17, 15) is 14.4 Å². The van der Waals surface area contributed by atoms with Crippen LogP contribution in [0.25, 0.3) is 0 Å². The highest BCUT2D eigenvalue weighted by molar-refractivity contribution is 6.02. The number of ether oxygens (including phenoxy) is 1. The molecule has 0 aliphatic rings. The van der Waals surface area contributed by atoms with Gasteiger partial charge < -0.3 is 20.5 Å². The van der Waals surface area contributed by atoms with Gasteiger partial charge in [-0.1, -0.05) is 0 Å². The van der Waals surface area contributed by atoms with Crippen molar-refractivity contribution in [3.8, 4) is 11.8 Å². The van der Waals surface area contributed by atoms with Gasteiger partial charge in [-0.25, -0.2) is 0 Å². The molecule has 0 saturated heterocycles. The van der Waals surface area contributed by atoms with E-state index < -0.39 is 17.8 Å². The molecular formula is C15H24N2O5. The Morgan fingerprint density at radius 2 is 1.77 bits per heavy atom. The maximum atomic E-state index is 11.5. The number of amides is 2. The van der Waals surface area contributed by atoms with Crippen molar-refractivity contribution in [1.82, 2.24) is 10.6 Å². The number of nitrogens with one attached hydrogen (secondary N) is 2. The average molecular weight is 312 g/mol. The van der Waals surface area contributed by atoms with E-state index in [1.807, 2.05) is 6.92 Å². The molecule has 0 aliphatic heterocycles. The molecule has 7 heteroatoms. The van der Waals surface area contributed by atoms with Crippen LogP contribution in [0.3, 0.4) is 0 Å². The normalized spacial score (nSPS) is 12.5. The van der Waals surface area contributed by atoms with Gasteiger partial charge in [-0.15, -0.1) is 0 Å². The van der Waals surface area contributed by atoms with Crippen LogP contribution in [-0.4, -0.2) is 48.2 Å². The smallest absolute Gasteiger partial charge is 0.303 e. The molecule has 124 valence electrons. The van der Waals surface area contributed by atoms with Gasteiger partial charge in [-0.3, -0.25) is 14.4 Å². The number of rotatable bonds is 9. The number of carboxylic acids is 1. The van der Waals surface area contributed by atoms with Crippen LogP contribution < -0.4 is 10.6 Å². The summed E-state index contributed by atoms with van der Waals surface area (Å²) in [6.07, 6.45) is 0.958. The zero-order chi connectivity index (χ0) is 17.0. The Kier molecular flexibility index (Phi) is 10.5. The fourth-order valence-electron chi connectivity index (χ4n) is 1.51. The number of hydrogen-bond acceptors (Lipinski definition) is 4. The zero-order valence-corrected chi connectivity index (χ0v) is 13.3. The zero-order valence-electron chi connectivity index (χ0n) is 13.3. The Morgan fingerprint density at radius 3 is 2.36 bits per heavy atom. The second-order valence-electron chi connectivity index (χ2n) is 4.89. The molecule has 2 atom stereocenters. The van der Waals surface area contributed by atoms with Crippen LogP contribution in [0.4, 0.5) is 0 Å². The van der Waals surface area contributed by atoms with E-state index in [-0.39, 0.29) is 18.6 Å². The fourth-order valence-corrected chi connectivity index (χ4v) is 1.51. The molecule has 7 nitrogen and oxygen atoms in total. The molecule has 0 saturated carbocycles. The monoisotopic (exact) mass is 312 g/mol. The van der Waals surface area contributed by atoms with E-state index >= 15 is 0 Å².